The van der Waals surface area contributed by atoms with Crippen LogP contribution in [0.15, 0.2) is 60.9 Å². The molecule has 0 fully saturated rings. The van der Waals surface area contributed by atoms with E-state index in [1.165, 1.54) is 11.0 Å². The Labute approximate surface area is 171 Å². The highest BCUT2D eigenvalue weighted by Crippen LogP contribution is 2.23. The Hall–Kier alpha value is -3.15. The van der Waals surface area contributed by atoms with Crippen LogP contribution in [-0.2, 0) is 6.54 Å². The molecule has 0 saturated carbocycles. The summed E-state index contributed by atoms with van der Waals surface area (Å²) in [5.74, 6) is 1.04. The van der Waals surface area contributed by atoms with Crippen LogP contribution in [0.5, 0.6) is 0 Å². The lowest BCUT2D eigenvalue weighted by atomic mass is 10.1. The fourth-order valence-electron chi connectivity index (χ4n) is 3.31. The standard InChI is InChI=1S/C23H27FN4O/c1-16(2)22-25-12-13-28(22)15-18-8-7-9-19(14-18)26-23(29)27(4)17(3)20-10-5-6-11-21(20)24/h5-14,16-17H,15H2,1-4H3,(H,26,29). The number of carbonyl (C=O) groups is 1. The summed E-state index contributed by atoms with van der Waals surface area (Å²) in [7, 11) is 1.66. The molecule has 1 atom stereocenters. The van der Waals surface area contributed by atoms with Crippen molar-refractivity contribution in [3.63, 3.8) is 0 Å². The van der Waals surface area contributed by atoms with Crippen LogP contribution >= 0.6 is 0 Å². The zero-order valence-corrected chi connectivity index (χ0v) is 17.3. The van der Waals surface area contributed by atoms with Gasteiger partial charge in [-0.25, -0.2) is 14.2 Å². The number of anilines is 1. The van der Waals surface area contributed by atoms with Gasteiger partial charge in [0.25, 0.3) is 0 Å². The van der Waals surface area contributed by atoms with Gasteiger partial charge in [0.15, 0.2) is 0 Å². The number of hydrogen-bond acceptors (Lipinski definition) is 2. The highest BCUT2D eigenvalue weighted by molar-refractivity contribution is 5.89. The predicted molar refractivity (Wildman–Crippen MR) is 113 cm³/mol. The molecule has 1 unspecified atom stereocenters. The smallest absolute Gasteiger partial charge is 0.322 e. The van der Waals surface area contributed by atoms with Crippen LogP contribution < -0.4 is 5.32 Å². The summed E-state index contributed by atoms with van der Waals surface area (Å²) < 4.78 is 16.2. The topological polar surface area (TPSA) is 50.2 Å². The van der Waals surface area contributed by atoms with Crippen molar-refractivity contribution in [1.29, 1.82) is 0 Å². The summed E-state index contributed by atoms with van der Waals surface area (Å²) in [5, 5.41) is 2.91. The Kier molecular flexibility index (Phi) is 6.32. The fraction of sp³-hybridized carbons (Fsp3) is 0.304. The van der Waals surface area contributed by atoms with Gasteiger partial charge >= 0.3 is 6.03 Å². The predicted octanol–water partition coefficient (Wildman–Crippen LogP) is 5.42. The Morgan fingerprint density at radius 1 is 1.17 bits per heavy atom. The first-order valence-corrected chi connectivity index (χ1v) is 9.75. The molecule has 0 aliphatic carbocycles. The molecule has 0 bridgehead atoms. The second-order valence-electron chi connectivity index (χ2n) is 7.51. The number of imidazole rings is 1. The van der Waals surface area contributed by atoms with E-state index in [0.29, 0.717) is 23.7 Å². The van der Waals surface area contributed by atoms with Crippen LogP contribution in [-0.4, -0.2) is 27.5 Å². The summed E-state index contributed by atoms with van der Waals surface area (Å²) in [6, 6.07) is 13.6. The van der Waals surface area contributed by atoms with E-state index < -0.39 is 0 Å². The number of benzene rings is 2. The van der Waals surface area contributed by atoms with Crippen molar-refractivity contribution < 1.29 is 9.18 Å². The van der Waals surface area contributed by atoms with E-state index in [4.69, 9.17) is 0 Å². The quantitative estimate of drug-likeness (QED) is 0.607. The largest absolute Gasteiger partial charge is 0.330 e. The highest BCUT2D eigenvalue weighted by Gasteiger charge is 2.20. The summed E-state index contributed by atoms with van der Waals surface area (Å²) in [6.45, 7) is 6.71. The highest BCUT2D eigenvalue weighted by atomic mass is 19.1. The van der Waals surface area contributed by atoms with Crippen LogP contribution in [0.1, 0.15) is 49.7 Å². The van der Waals surface area contributed by atoms with Crippen molar-refractivity contribution in [1.82, 2.24) is 14.5 Å². The maximum Gasteiger partial charge on any atom is 0.322 e. The molecule has 2 aromatic carbocycles. The lowest BCUT2D eigenvalue weighted by Crippen LogP contribution is -2.34. The molecule has 0 radical (unpaired) electrons. The number of nitrogens with one attached hydrogen (secondary N) is 1. The zero-order valence-electron chi connectivity index (χ0n) is 17.3. The molecule has 1 aromatic heterocycles. The van der Waals surface area contributed by atoms with Crippen molar-refractivity contribution in [3.8, 4) is 0 Å². The van der Waals surface area contributed by atoms with Crippen molar-refractivity contribution in [2.24, 2.45) is 0 Å². The lowest BCUT2D eigenvalue weighted by Gasteiger charge is -2.26. The fourth-order valence-corrected chi connectivity index (χ4v) is 3.31. The van der Waals surface area contributed by atoms with Gasteiger partial charge in [-0.1, -0.05) is 44.2 Å². The third kappa shape index (κ3) is 4.83. The first-order chi connectivity index (χ1) is 13.9. The van der Waals surface area contributed by atoms with E-state index in [9.17, 15) is 9.18 Å². The molecule has 1 heterocycles. The van der Waals surface area contributed by atoms with Crippen molar-refractivity contribution in [3.05, 3.63) is 83.7 Å². The minimum atomic E-state index is -0.390. The van der Waals surface area contributed by atoms with Gasteiger partial charge in [0.1, 0.15) is 11.6 Å². The molecule has 3 rings (SSSR count). The number of hydrogen-bond donors (Lipinski definition) is 1. The average molecular weight is 394 g/mol. The molecular weight excluding hydrogens is 367 g/mol. The van der Waals surface area contributed by atoms with Crippen LogP contribution in [0, 0.1) is 5.82 Å². The first kappa shape index (κ1) is 20.6. The third-order valence-electron chi connectivity index (χ3n) is 5.05. The minimum Gasteiger partial charge on any atom is -0.330 e. The first-order valence-electron chi connectivity index (χ1n) is 9.75. The Morgan fingerprint density at radius 3 is 2.66 bits per heavy atom. The van der Waals surface area contributed by atoms with Crippen molar-refractivity contribution >= 4 is 11.7 Å². The number of rotatable bonds is 6. The molecule has 3 aromatic rings. The second kappa shape index (κ2) is 8.90. The van der Waals surface area contributed by atoms with Crippen LogP contribution in [0.25, 0.3) is 0 Å². The number of aromatic nitrogens is 2. The molecule has 0 aliphatic heterocycles. The Bertz CT molecular complexity index is 982. The van der Waals surface area contributed by atoms with Gasteiger partial charge in [-0.2, -0.15) is 0 Å². The summed E-state index contributed by atoms with van der Waals surface area (Å²) in [5.41, 5.74) is 2.25. The van der Waals surface area contributed by atoms with Gasteiger partial charge in [-0.3, -0.25) is 0 Å². The van der Waals surface area contributed by atoms with E-state index >= 15 is 0 Å². The van der Waals surface area contributed by atoms with Crippen LogP contribution in [0.3, 0.4) is 0 Å². The van der Waals surface area contributed by atoms with Gasteiger partial charge in [-0.05, 0) is 30.7 Å². The van der Waals surface area contributed by atoms with E-state index in [0.717, 1.165) is 11.4 Å². The summed E-state index contributed by atoms with van der Waals surface area (Å²) in [4.78, 5) is 18.6. The number of urea groups is 1. The average Bonchev–Trinajstić information content (AvgIpc) is 3.16. The molecule has 5 nitrogen and oxygen atoms in total. The minimum absolute atomic E-state index is 0.289. The van der Waals surface area contributed by atoms with Gasteiger partial charge in [0.2, 0.25) is 0 Å². The van der Waals surface area contributed by atoms with Crippen LogP contribution in [0.2, 0.25) is 0 Å². The number of nitrogens with zero attached hydrogens (tertiary/aromatic N) is 3. The Morgan fingerprint density at radius 2 is 1.93 bits per heavy atom. The van der Waals surface area contributed by atoms with E-state index in [-0.39, 0.29) is 17.9 Å². The third-order valence-corrected chi connectivity index (χ3v) is 5.05. The molecule has 29 heavy (non-hydrogen) atoms. The zero-order chi connectivity index (χ0) is 21.0. The maximum absolute atomic E-state index is 14.0. The molecule has 152 valence electrons. The molecule has 6 heteroatoms. The van der Waals surface area contributed by atoms with E-state index in [1.54, 1.807) is 38.4 Å². The number of halogens is 1. The van der Waals surface area contributed by atoms with Crippen LogP contribution in [0.4, 0.5) is 14.9 Å². The van der Waals surface area contributed by atoms with Crippen molar-refractivity contribution in [2.75, 3.05) is 12.4 Å². The maximum atomic E-state index is 14.0. The van der Waals surface area contributed by atoms with E-state index in [1.807, 2.05) is 30.5 Å². The Balaban J connectivity index is 1.70. The number of amides is 2. The van der Waals surface area contributed by atoms with Gasteiger partial charge in [-0.15, -0.1) is 0 Å². The molecular formula is C23H27FN4O. The van der Waals surface area contributed by atoms with Gasteiger partial charge < -0.3 is 14.8 Å². The van der Waals surface area contributed by atoms with Crippen molar-refractivity contribution in [2.45, 2.75) is 39.3 Å². The van der Waals surface area contributed by atoms with E-state index in [2.05, 4.69) is 28.7 Å². The molecule has 1 N–H and O–H groups in total. The van der Waals surface area contributed by atoms with Gasteiger partial charge in [0, 0.05) is 43.2 Å². The molecule has 0 aliphatic rings. The van der Waals surface area contributed by atoms with Gasteiger partial charge in [0.05, 0.1) is 6.04 Å². The normalized spacial score (nSPS) is 12.1. The lowest BCUT2D eigenvalue weighted by molar-refractivity contribution is 0.207. The molecule has 0 saturated heterocycles. The molecule has 0 spiro atoms. The molecule has 2 amide bonds. The monoisotopic (exact) mass is 394 g/mol. The number of carbonyl (C=O) groups excluding carboxylic acids is 1. The second-order valence-corrected chi connectivity index (χ2v) is 7.51. The summed E-state index contributed by atoms with van der Waals surface area (Å²) >= 11 is 0. The summed E-state index contributed by atoms with van der Waals surface area (Å²) in [6.07, 6.45) is 3.77. The SMILES string of the molecule is CC(C)c1nccn1Cc1cccc(NC(=O)N(C)C(C)c2ccccc2F)c1.